The molecule has 1 saturated heterocycles. The normalized spacial score (nSPS) is 20.1. The summed E-state index contributed by atoms with van der Waals surface area (Å²) < 4.78 is 38.5. The van der Waals surface area contributed by atoms with Crippen LogP contribution in [-0.2, 0) is 23.0 Å². The number of hydrogen-bond donors (Lipinski definition) is 1. The molecule has 4 rings (SSSR count). The van der Waals surface area contributed by atoms with Gasteiger partial charge in [-0.05, 0) is 37.5 Å². The molecule has 1 N–H and O–H groups in total. The minimum atomic E-state index is -3.40. The lowest BCUT2D eigenvalue weighted by Crippen LogP contribution is -2.42. The molecule has 1 atom stereocenters. The lowest BCUT2D eigenvalue weighted by Gasteiger charge is -2.35. The molecule has 1 amide bonds. The van der Waals surface area contributed by atoms with E-state index in [1.165, 1.54) is 22.5 Å². The molecular weight excluding hydrogens is 411 g/mol. The van der Waals surface area contributed by atoms with E-state index in [1.54, 1.807) is 11.0 Å². The first-order valence-corrected chi connectivity index (χ1v) is 11.7. The molecule has 0 unspecified atom stereocenters. The average molecular weight is 434 g/mol. The smallest absolute Gasteiger partial charge is 0.255 e. The van der Waals surface area contributed by atoms with Crippen LogP contribution in [0.5, 0.6) is 0 Å². The highest BCUT2D eigenvalue weighted by atomic mass is 32.2. The van der Waals surface area contributed by atoms with Crippen LogP contribution >= 0.6 is 0 Å². The number of sulfonamides is 1. The van der Waals surface area contributed by atoms with Crippen molar-refractivity contribution in [3.05, 3.63) is 63.1 Å². The maximum atomic E-state index is 13.6. The van der Waals surface area contributed by atoms with Gasteiger partial charge in [0.1, 0.15) is 11.6 Å². The second-order valence-electron chi connectivity index (χ2n) is 7.74. The molecule has 0 radical (unpaired) electrons. The van der Waals surface area contributed by atoms with Crippen LogP contribution in [-0.4, -0.2) is 52.8 Å². The third kappa shape index (κ3) is 4.01. The van der Waals surface area contributed by atoms with E-state index >= 15 is 0 Å². The lowest BCUT2D eigenvalue weighted by molar-refractivity contribution is 0.0598. The van der Waals surface area contributed by atoms with Crippen LogP contribution in [0.2, 0.25) is 0 Å². The van der Waals surface area contributed by atoms with Crippen LogP contribution in [0.1, 0.15) is 52.7 Å². The van der Waals surface area contributed by atoms with E-state index in [4.69, 9.17) is 0 Å². The molecule has 10 heteroatoms. The molecule has 2 aliphatic rings. The monoisotopic (exact) mass is 434 g/mol. The van der Waals surface area contributed by atoms with Crippen molar-refractivity contribution >= 4 is 15.9 Å². The first-order valence-electron chi connectivity index (χ1n) is 9.87. The van der Waals surface area contributed by atoms with Gasteiger partial charge < -0.3 is 9.88 Å². The van der Waals surface area contributed by atoms with Crippen LogP contribution < -0.4 is 5.56 Å². The Balaban J connectivity index is 1.66. The molecule has 1 aromatic heterocycles. The highest BCUT2D eigenvalue weighted by molar-refractivity contribution is 7.88. The molecule has 3 heterocycles. The molecule has 2 aliphatic heterocycles. The van der Waals surface area contributed by atoms with Gasteiger partial charge in [0, 0.05) is 31.6 Å². The Kier molecular flexibility index (Phi) is 5.46. The highest BCUT2D eigenvalue weighted by Gasteiger charge is 2.33. The van der Waals surface area contributed by atoms with E-state index in [0.29, 0.717) is 36.5 Å². The number of nitrogens with one attached hydrogen (secondary N) is 1. The zero-order valence-electron chi connectivity index (χ0n) is 16.6. The quantitative estimate of drug-likeness (QED) is 0.790. The number of nitrogens with zero attached hydrogens (tertiary/aromatic N) is 3. The minimum Gasteiger partial charge on any atom is -0.328 e. The number of likely N-dealkylation sites (tertiary alicyclic amines) is 1. The summed E-state index contributed by atoms with van der Waals surface area (Å²) in [7, 11) is -3.40. The third-order valence-electron chi connectivity index (χ3n) is 5.67. The van der Waals surface area contributed by atoms with Gasteiger partial charge in [-0.3, -0.25) is 9.59 Å². The van der Waals surface area contributed by atoms with Crippen LogP contribution in [0, 0.1) is 5.82 Å². The van der Waals surface area contributed by atoms with E-state index in [2.05, 4.69) is 9.97 Å². The SMILES string of the molecule is CS(=O)(=O)N1CCc2nc([C@@H]3CCCCN3C(=O)c3cccc(F)c3)[nH]c(=O)c2C1. The Labute approximate surface area is 173 Å². The maximum Gasteiger partial charge on any atom is 0.255 e. The third-order valence-corrected chi connectivity index (χ3v) is 6.92. The number of fused-ring (bicyclic) bond motifs is 1. The number of aromatic nitrogens is 2. The summed E-state index contributed by atoms with van der Waals surface area (Å²) in [5.74, 6) is -0.385. The number of piperidine rings is 1. The number of benzene rings is 1. The van der Waals surface area contributed by atoms with Crippen molar-refractivity contribution in [3.63, 3.8) is 0 Å². The second-order valence-corrected chi connectivity index (χ2v) is 9.73. The Morgan fingerprint density at radius 3 is 2.80 bits per heavy atom. The van der Waals surface area contributed by atoms with Crippen LogP contribution in [0.25, 0.3) is 0 Å². The first kappa shape index (κ1) is 20.7. The van der Waals surface area contributed by atoms with Gasteiger partial charge in [-0.2, -0.15) is 4.31 Å². The first-order chi connectivity index (χ1) is 14.2. The number of hydrogen-bond acceptors (Lipinski definition) is 5. The van der Waals surface area contributed by atoms with Crippen LogP contribution in [0.3, 0.4) is 0 Å². The topological polar surface area (TPSA) is 103 Å². The standard InChI is InChI=1S/C20H23FN4O4S/c1-30(28,29)24-10-8-16-15(12-24)19(26)23-18(22-16)17-7-2-3-9-25(17)20(27)13-5-4-6-14(21)11-13/h4-6,11,17H,2-3,7-10,12H2,1H3,(H,22,23,26)/t17-/m0/s1. The number of rotatable bonds is 3. The van der Waals surface area contributed by atoms with Crippen molar-refractivity contribution in [3.8, 4) is 0 Å². The summed E-state index contributed by atoms with van der Waals surface area (Å²) >= 11 is 0. The van der Waals surface area contributed by atoms with Gasteiger partial charge in [-0.25, -0.2) is 17.8 Å². The van der Waals surface area contributed by atoms with E-state index in [-0.39, 0.29) is 30.1 Å². The number of H-pyrrole nitrogens is 1. The second kappa shape index (κ2) is 7.92. The summed E-state index contributed by atoms with van der Waals surface area (Å²) in [5, 5.41) is 0. The van der Waals surface area contributed by atoms with Crippen molar-refractivity contribution in [2.75, 3.05) is 19.3 Å². The number of aromatic amines is 1. The van der Waals surface area contributed by atoms with E-state index in [9.17, 15) is 22.4 Å². The zero-order valence-corrected chi connectivity index (χ0v) is 17.4. The van der Waals surface area contributed by atoms with E-state index in [0.717, 1.165) is 19.1 Å². The fraction of sp³-hybridized carbons (Fsp3) is 0.450. The molecule has 0 bridgehead atoms. The molecule has 0 saturated carbocycles. The molecular formula is C20H23FN4O4S. The molecule has 1 fully saturated rings. The van der Waals surface area contributed by atoms with E-state index in [1.807, 2.05) is 0 Å². The highest BCUT2D eigenvalue weighted by Crippen LogP contribution is 2.31. The lowest BCUT2D eigenvalue weighted by atomic mass is 9.99. The molecule has 160 valence electrons. The Morgan fingerprint density at radius 1 is 1.27 bits per heavy atom. The van der Waals surface area contributed by atoms with Gasteiger partial charge in [-0.15, -0.1) is 0 Å². The molecule has 2 aromatic rings. The fourth-order valence-corrected chi connectivity index (χ4v) is 4.89. The van der Waals surface area contributed by atoms with Crippen molar-refractivity contribution in [1.29, 1.82) is 0 Å². The van der Waals surface area contributed by atoms with Crippen LogP contribution in [0.4, 0.5) is 4.39 Å². The Hall–Kier alpha value is -2.59. The summed E-state index contributed by atoms with van der Waals surface area (Å²) in [6, 6.07) is 5.14. The minimum absolute atomic E-state index is 0.00656. The summed E-state index contributed by atoms with van der Waals surface area (Å²) in [6.45, 7) is 0.744. The maximum absolute atomic E-state index is 13.6. The number of carbonyl (C=O) groups excluding carboxylic acids is 1. The van der Waals surface area contributed by atoms with Gasteiger partial charge >= 0.3 is 0 Å². The van der Waals surface area contributed by atoms with Gasteiger partial charge in [0.2, 0.25) is 10.0 Å². The van der Waals surface area contributed by atoms with Gasteiger partial charge in [0.25, 0.3) is 11.5 Å². The van der Waals surface area contributed by atoms with Crippen molar-refractivity contribution in [2.45, 2.75) is 38.3 Å². The van der Waals surface area contributed by atoms with Crippen molar-refractivity contribution in [1.82, 2.24) is 19.2 Å². The molecule has 0 spiro atoms. The molecule has 8 nitrogen and oxygen atoms in total. The fourth-order valence-electron chi connectivity index (χ4n) is 4.11. The zero-order chi connectivity index (χ0) is 21.5. The molecule has 30 heavy (non-hydrogen) atoms. The van der Waals surface area contributed by atoms with E-state index < -0.39 is 21.9 Å². The van der Waals surface area contributed by atoms with Gasteiger partial charge in [0.05, 0.1) is 23.6 Å². The van der Waals surface area contributed by atoms with Gasteiger partial charge in [-0.1, -0.05) is 6.07 Å². The number of halogens is 1. The molecule has 1 aromatic carbocycles. The molecule has 0 aliphatic carbocycles. The number of carbonyl (C=O) groups is 1. The predicted octanol–water partition coefficient (Wildman–Crippen LogP) is 1.59. The summed E-state index contributed by atoms with van der Waals surface area (Å²) in [5.41, 5.74) is 0.782. The average Bonchev–Trinajstić information content (AvgIpc) is 2.72. The Morgan fingerprint density at radius 2 is 2.07 bits per heavy atom. The largest absolute Gasteiger partial charge is 0.328 e. The van der Waals surface area contributed by atoms with Crippen molar-refractivity contribution in [2.24, 2.45) is 0 Å². The van der Waals surface area contributed by atoms with Crippen LogP contribution in [0.15, 0.2) is 29.1 Å². The summed E-state index contributed by atoms with van der Waals surface area (Å²) in [6.07, 6.45) is 3.78. The summed E-state index contributed by atoms with van der Waals surface area (Å²) in [4.78, 5) is 34.8. The number of amides is 1. The van der Waals surface area contributed by atoms with Crippen molar-refractivity contribution < 1.29 is 17.6 Å². The predicted molar refractivity (Wildman–Crippen MR) is 108 cm³/mol. The van der Waals surface area contributed by atoms with Gasteiger partial charge in [0.15, 0.2) is 0 Å². The Bertz CT molecular complexity index is 1150.